The van der Waals surface area contributed by atoms with E-state index in [4.69, 9.17) is 0 Å². The molecule has 23 heavy (non-hydrogen) atoms. The first-order valence-corrected chi connectivity index (χ1v) is 8.37. The van der Waals surface area contributed by atoms with Gasteiger partial charge in [0.25, 0.3) is 0 Å². The van der Waals surface area contributed by atoms with E-state index < -0.39 is 0 Å². The first kappa shape index (κ1) is 15.5. The van der Waals surface area contributed by atoms with Gasteiger partial charge in [0.05, 0.1) is 0 Å². The number of Topliss-reactive ketones (excluding diaryl/α,β-unsaturated/α-hetero) is 1. The van der Waals surface area contributed by atoms with Crippen LogP contribution in [0.2, 0.25) is 0 Å². The smallest absolute Gasteiger partial charge is 0.185 e. The van der Waals surface area contributed by atoms with E-state index in [1.54, 1.807) is 0 Å². The molecule has 116 valence electrons. The standard InChI is InChI=1S/C22H22O/c23-22-20(16-18-10-4-1-2-5-11-18)14-8-9-15-21(22)17-19-12-6-3-7-13-19/h1-4,6-7,10-13,16-17H,5,8-9,14-15H2. The maximum atomic E-state index is 12.9. The topological polar surface area (TPSA) is 17.1 Å². The number of hydrogen-bond acceptors (Lipinski definition) is 1. The molecule has 1 nitrogen and oxygen atoms in total. The van der Waals surface area contributed by atoms with E-state index in [2.05, 4.69) is 48.6 Å². The molecule has 1 fully saturated rings. The lowest BCUT2D eigenvalue weighted by Crippen LogP contribution is -2.04. The highest BCUT2D eigenvalue weighted by Crippen LogP contribution is 2.27. The predicted molar refractivity (Wildman–Crippen MR) is 97.0 cm³/mol. The van der Waals surface area contributed by atoms with Crippen LogP contribution in [0.4, 0.5) is 0 Å². The number of carbonyl (C=O) groups is 1. The summed E-state index contributed by atoms with van der Waals surface area (Å²) in [5.41, 5.74) is 4.13. The highest BCUT2D eigenvalue weighted by atomic mass is 16.1. The van der Waals surface area contributed by atoms with E-state index in [0.29, 0.717) is 0 Å². The van der Waals surface area contributed by atoms with Crippen LogP contribution < -0.4 is 0 Å². The molecule has 0 radical (unpaired) electrons. The van der Waals surface area contributed by atoms with Gasteiger partial charge in [0, 0.05) is 11.1 Å². The molecule has 0 unspecified atom stereocenters. The van der Waals surface area contributed by atoms with Crippen molar-refractivity contribution in [1.82, 2.24) is 0 Å². The van der Waals surface area contributed by atoms with Crippen LogP contribution in [0.15, 0.2) is 83.5 Å². The minimum Gasteiger partial charge on any atom is -0.289 e. The van der Waals surface area contributed by atoms with Crippen molar-refractivity contribution in [3.05, 3.63) is 89.1 Å². The summed E-state index contributed by atoms with van der Waals surface area (Å²) in [7, 11) is 0. The second-order valence-electron chi connectivity index (χ2n) is 6.01. The largest absolute Gasteiger partial charge is 0.289 e. The number of ketones is 1. The van der Waals surface area contributed by atoms with Crippen molar-refractivity contribution in [1.29, 1.82) is 0 Å². The highest BCUT2D eigenvalue weighted by molar-refractivity contribution is 6.11. The molecule has 3 rings (SSSR count). The highest BCUT2D eigenvalue weighted by Gasteiger charge is 2.18. The summed E-state index contributed by atoms with van der Waals surface area (Å²) in [5.74, 6) is 0.220. The molecule has 2 aliphatic rings. The van der Waals surface area contributed by atoms with E-state index in [9.17, 15) is 4.79 Å². The maximum Gasteiger partial charge on any atom is 0.185 e. The molecule has 1 saturated carbocycles. The van der Waals surface area contributed by atoms with Crippen molar-refractivity contribution in [2.75, 3.05) is 0 Å². The molecule has 2 aliphatic carbocycles. The van der Waals surface area contributed by atoms with Crippen molar-refractivity contribution >= 4 is 11.9 Å². The third-order valence-corrected chi connectivity index (χ3v) is 4.23. The second-order valence-corrected chi connectivity index (χ2v) is 6.01. The Hall–Kier alpha value is -2.41. The Morgan fingerprint density at radius 1 is 0.870 bits per heavy atom. The Morgan fingerprint density at radius 3 is 2.39 bits per heavy atom. The number of allylic oxidation sites excluding steroid dienone is 9. The quantitative estimate of drug-likeness (QED) is 0.514. The van der Waals surface area contributed by atoms with Crippen LogP contribution in [0, 0.1) is 0 Å². The normalized spacial score (nSPS) is 22.1. The molecule has 0 N–H and O–H groups in total. The summed E-state index contributed by atoms with van der Waals surface area (Å²) in [5, 5.41) is 0. The molecule has 0 atom stereocenters. The lowest BCUT2D eigenvalue weighted by atomic mass is 9.97. The zero-order chi connectivity index (χ0) is 15.9. The van der Waals surface area contributed by atoms with Gasteiger partial charge in [-0.1, -0.05) is 60.7 Å². The number of carbonyl (C=O) groups excluding carboxylic acids is 1. The van der Waals surface area contributed by atoms with Gasteiger partial charge in [-0.15, -0.1) is 0 Å². The van der Waals surface area contributed by atoms with Gasteiger partial charge in [0.15, 0.2) is 5.78 Å². The molecule has 0 amide bonds. The second kappa shape index (κ2) is 7.73. The van der Waals surface area contributed by atoms with Crippen LogP contribution in [0.25, 0.3) is 6.08 Å². The average molecular weight is 302 g/mol. The Kier molecular flexibility index (Phi) is 5.21. The van der Waals surface area contributed by atoms with Gasteiger partial charge < -0.3 is 0 Å². The Bertz CT molecular complexity index is 712. The molecule has 0 spiro atoms. The maximum absolute atomic E-state index is 12.9. The fraction of sp³-hybridized carbons (Fsp3) is 0.227. The summed E-state index contributed by atoms with van der Waals surface area (Å²) in [6.07, 6.45) is 19.4. The zero-order valence-electron chi connectivity index (χ0n) is 13.4. The van der Waals surface area contributed by atoms with E-state index in [1.165, 1.54) is 0 Å². The van der Waals surface area contributed by atoms with Gasteiger partial charge in [0.2, 0.25) is 0 Å². The fourth-order valence-corrected chi connectivity index (χ4v) is 2.99. The molecular formula is C22H22O. The van der Waals surface area contributed by atoms with Crippen molar-refractivity contribution in [3.63, 3.8) is 0 Å². The van der Waals surface area contributed by atoms with Crippen molar-refractivity contribution in [2.45, 2.75) is 32.1 Å². The predicted octanol–water partition coefficient (Wildman–Crippen LogP) is 5.58. The third-order valence-electron chi connectivity index (χ3n) is 4.23. The Labute approximate surface area is 138 Å². The van der Waals surface area contributed by atoms with E-state index >= 15 is 0 Å². The molecule has 0 bridgehead atoms. The van der Waals surface area contributed by atoms with Crippen LogP contribution in [0.1, 0.15) is 37.7 Å². The van der Waals surface area contributed by atoms with Gasteiger partial charge in [-0.05, 0) is 55.4 Å². The molecule has 1 heteroatoms. The van der Waals surface area contributed by atoms with E-state index in [-0.39, 0.29) is 5.78 Å². The lowest BCUT2D eigenvalue weighted by molar-refractivity contribution is -0.112. The Balaban J connectivity index is 1.88. The summed E-state index contributed by atoms with van der Waals surface area (Å²) in [6, 6.07) is 10.1. The molecule has 0 aliphatic heterocycles. The molecule has 0 saturated heterocycles. The van der Waals surface area contributed by atoms with Gasteiger partial charge in [0.1, 0.15) is 0 Å². The van der Waals surface area contributed by atoms with Crippen LogP contribution in [0.3, 0.4) is 0 Å². The Morgan fingerprint density at radius 2 is 1.61 bits per heavy atom. The van der Waals surface area contributed by atoms with Crippen LogP contribution in [0.5, 0.6) is 0 Å². The van der Waals surface area contributed by atoms with Gasteiger partial charge in [-0.25, -0.2) is 0 Å². The van der Waals surface area contributed by atoms with Crippen molar-refractivity contribution in [3.8, 4) is 0 Å². The number of hydrogen-bond donors (Lipinski definition) is 0. The fourth-order valence-electron chi connectivity index (χ4n) is 2.99. The minimum atomic E-state index is 0.220. The molecular weight excluding hydrogens is 280 g/mol. The average Bonchev–Trinajstić information content (AvgIpc) is 2.93. The summed E-state index contributed by atoms with van der Waals surface area (Å²) in [6.45, 7) is 0. The summed E-state index contributed by atoms with van der Waals surface area (Å²) < 4.78 is 0. The van der Waals surface area contributed by atoms with Crippen LogP contribution in [-0.2, 0) is 4.79 Å². The molecule has 0 heterocycles. The molecule has 0 aromatic heterocycles. The minimum absolute atomic E-state index is 0.220. The van der Waals surface area contributed by atoms with Crippen molar-refractivity contribution < 1.29 is 4.79 Å². The van der Waals surface area contributed by atoms with Crippen LogP contribution in [-0.4, -0.2) is 5.78 Å². The lowest BCUT2D eigenvalue weighted by Gasteiger charge is -2.06. The summed E-state index contributed by atoms with van der Waals surface area (Å²) in [4.78, 5) is 12.9. The van der Waals surface area contributed by atoms with Gasteiger partial charge >= 0.3 is 0 Å². The van der Waals surface area contributed by atoms with Gasteiger partial charge in [-0.2, -0.15) is 0 Å². The monoisotopic (exact) mass is 302 g/mol. The van der Waals surface area contributed by atoms with Crippen LogP contribution >= 0.6 is 0 Å². The molecule has 1 aromatic rings. The first-order valence-electron chi connectivity index (χ1n) is 8.37. The van der Waals surface area contributed by atoms with E-state index in [1.807, 2.05) is 24.3 Å². The number of benzene rings is 1. The zero-order valence-corrected chi connectivity index (χ0v) is 13.4. The molecule has 1 aromatic carbocycles. The van der Waals surface area contributed by atoms with Crippen molar-refractivity contribution in [2.24, 2.45) is 0 Å². The number of rotatable bonds is 2. The summed E-state index contributed by atoms with van der Waals surface area (Å²) >= 11 is 0. The first-order chi connectivity index (χ1) is 11.3. The van der Waals surface area contributed by atoms with Gasteiger partial charge in [-0.3, -0.25) is 4.79 Å². The SMILES string of the molecule is O=C1C(=CC2=CCC=CC=C2)CCCCC1=Cc1ccccc1. The third kappa shape index (κ3) is 4.29. The van der Waals surface area contributed by atoms with E-state index in [0.717, 1.165) is 54.4 Å².